The summed E-state index contributed by atoms with van der Waals surface area (Å²) < 4.78 is 15.8. The maximum absolute atomic E-state index is 13.7. The molecule has 0 spiro atoms. The fourth-order valence-corrected chi connectivity index (χ4v) is 3.10. The summed E-state index contributed by atoms with van der Waals surface area (Å²) in [7, 11) is 0. The zero-order valence-electron chi connectivity index (χ0n) is 14.4. The van der Waals surface area contributed by atoms with Gasteiger partial charge in [-0.1, -0.05) is 13.8 Å². The molecule has 0 saturated carbocycles. The highest BCUT2D eigenvalue weighted by Crippen LogP contribution is 2.32. The van der Waals surface area contributed by atoms with Crippen LogP contribution in [0.5, 0.6) is 0 Å². The van der Waals surface area contributed by atoms with E-state index < -0.39 is 0 Å². The number of benzene rings is 2. The van der Waals surface area contributed by atoms with Gasteiger partial charge in [-0.3, -0.25) is 0 Å². The van der Waals surface area contributed by atoms with Crippen molar-refractivity contribution >= 4 is 22.3 Å². The number of anilines is 1. The first-order chi connectivity index (χ1) is 11.3. The Hall–Kier alpha value is -2.62. The van der Waals surface area contributed by atoms with Gasteiger partial charge >= 0.3 is 0 Å². The van der Waals surface area contributed by atoms with Crippen LogP contribution in [0, 0.1) is 18.2 Å². The maximum atomic E-state index is 13.7. The third kappa shape index (κ3) is 2.58. The van der Waals surface area contributed by atoms with Crippen LogP contribution in [0.4, 0.5) is 10.1 Å². The van der Waals surface area contributed by atoms with Gasteiger partial charge in [0.1, 0.15) is 5.82 Å². The molecule has 0 unspecified atom stereocenters. The smallest absolute Gasteiger partial charge is 0.126 e. The molecule has 24 heavy (non-hydrogen) atoms. The molecule has 3 rings (SSSR count). The van der Waals surface area contributed by atoms with Crippen LogP contribution in [0.1, 0.15) is 43.5 Å². The number of hydrogen-bond acceptors (Lipinski definition) is 2. The summed E-state index contributed by atoms with van der Waals surface area (Å²) in [5.41, 5.74) is 11.5. The van der Waals surface area contributed by atoms with E-state index in [4.69, 9.17) is 11.1 Å². The van der Waals surface area contributed by atoms with Gasteiger partial charge in [-0.25, -0.2) is 4.39 Å². The minimum atomic E-state index is -0.207. The molecule has 0 fully saturated rings. The number of nitrogens with one attached hydrogen (secondary N) is 1. The Morgan fingerprint density at radius 2 is 1.88 bits per heavy atom. The molecule has 2 aromatic carbocycles. The molecule has 0 saturated heterocycles. The number of nitrogens with zero attached hydrogens (tertiary/aromatic N) is 1. The molecule has 0 aliphatic heterocycles. The van der Waals surface area contributed by atoms with Gasteiger partial charge in [0.2, 0.25) is 0 Å². The van der Waals surface area contributed by atoms with Crippen molar-refractivity contribution in [2.45, 2.75) is 33.6 Å². The summed E-state index contributed by atoms with van der Waals surface area (Å²) in [4.78, 5) is 0. The Kier molecular flexibility index (Phi) is 3.91. The molecule has 3 aromatic rings. The van der Waals surface area contributed by atoms with E-state index in [1.54, 1.807) is 19.9 Å². The fraction of sp³-hybridized carbons (Fsp3) is 0.250. The van der Waals surface area contributed by atoms with Crippen LogP contribution in [-0.4, -0.2) is 10.3 Å². The monoisotopic (exact) mass is 323 g/mol. The van der Waals surface area contributed by atoms with Crippen molar-refractivity contribution in [3.8, 4) is 5.69 Å². The lowest BCUT2D eigenvalue weighted by atomic mass is 10.1. The second kappa shape index (κ2) is 5.78. The molecule has 0 aliphatic carbocycles. The van der Waals surface area contributed by atoms with Gasteiger partial charge in [0.25, 0.3) is 0 Å². The molecule has 3 N–H and O–H groups in total. The molecule has 0 aliphatic rings. The molecule has 4 heteroatoms. The molecule has 3 nitrogen and oxygen atoms in total. The highest BCUT2D eigenvalue weighted by molar-refractivity contribution is 6.05. The van der Waals surface area contributed by atoms with E-state index in [1.807, 2.05) is 18.2 Å². The van der Waals surface area contributed by atoms with Crippen molar-refractivity contribution in [1.82, 2.24) is 4.57 Å². The highest BCUT2D eigenvalue weighted by atomic mass is 19.1. The Morgan fingerprint density at radius 3 is 2.46 bits per heavy atom. The van der Waals surface area contributed by atoms with Crippen molar-refractivity contribution in [3.63, 3.8) is 0 Å². The van der Waals surface area contributed by atoms with E-state index in [0.717, 1.165) is 27.8 Å². The van der Waals surface area contributed by atoms with E-state index in [0.29, 0.717) is 22.9 Å². The number of fused-ring (bicyclic) bond motifs is 1. The van der Waals surface area contributed by atoms with Gasteiger partial charge < -0.3 is 15.7 Å². The number of aryl methyl sites for hydroxylation is 1. The second-order valence-corrected chi connectivity index (χ2v) is 6.62. The number of nitrogen functional groups attached to an aromatic ring is 1. The molecule has 0 radical (unpaired) electrons. The second-order valence-electron chi connectivity index (χ2n) is 6.62. The average Bonchev–Trinajstić information content (AvgIpc) is 2.87. The van der Waals surface area contributed by atoms with Crippen LogP contribution in [0.25, 0.3) is 16.6 Å². The number of rotatable bonds is 3. The molecule has 124 valence electrons. The van der Waals surface area contributed by atoms with E-state index >= 15 is 0 Å². The van der Waals surface area contributed by atoms with E-state index in [2.05, 4.69) is 24.5 Å². The van der Waals surface area contributed by atoms with Crippen molar-refractivity contribution in [1.29, 1.82) is 5.41 Å². The predicted molar refractivity (Wildman–Crippen MR) is 99.0 cm³/mol. The summed E-state index contributed by atoms with van der Waals surface area (Å²) >= 11 is 0. The Balaban J connectivity index is 2.38. The lowest BCUT2D eigenvalue weighted by Gasteiger charge is -2.15. The van der Waals surface area contributed by atoms with Gasteiger partial charge in [0, 0.05) is 33.7 Å². The number of aromatic nitrogens is 1. The summed E-state index contributed by atoms with van der Waals surface area (Å²) in [6, 6.07) is 11.1. The molecule has 0 atom stereocenters. The third-order valence-electron chi connectivity index (χ3n) is 4.40. The van der Waals surface area contributed by atoms with Crippen LogP contribution in [-0.2, 0) is 0 Å². The molecule has 0 amide bonds. The molecular formula is C20H22FN3. The largest absolute Gasteiger partial charge is 0.398 e. The minimum absolute atomic E-state index is 0.207. The number of hydrogen-bond donors (Lipinski definition) is 2. The Bertz CT molecular complexity index is 951. The van der Waals surface area contributed by atoms with Gasteiger partial charge in [0.05, 0.1) is 5.52 Å². The van der Waals surface area contributed by atoms with Crippen LogP contribution in [0.3, 0.4) is 0 Å². The fourth-order valence-electron chi connectivity index (χ4n) is 3.10. The van der Waals surface area contributed by atoms with Crippen LogP contribution < -0.4 is 5.73 Å². The topological polar surface area (TPSA) is 54.8 Å². The Morgan fingerprint density at radius 1 is 1.17 bits per heavy atom. The minimum Gasteiger partial charge on any atom is -0.398 e. The lowest BCUT2D eigenvalue weighted by molar-refractivity contribution is 0.618. The number of nitrogens with two attached hydrogens (primary N) is 1. The zero-order valence-corrected chi connectivity index (χ0v) is 14.4. The molecule has 0 bridgehead atoms. The highest BCUT2D eigenvalue weighted by Gasteiger charge is 2.16. The molecular weight excluding hydrogens is 301 g/mol. The summed E-state index contributed by atoms with van der Waals surface area (Å²) in [6.45, 7) is 7.77. The average molecular weight is 323 g/mol. The zero-order chi connectivity index (χ0) is 17.6. The van der Waals surface area contributed by atoms with Crippen molar-refractivity contribution in [2.24, 2.45) is 0 Å². The van der Waals surface area contributed by atoms with Gasteiger partial charge in [0.15, 0.2) is 0 Å². The first kappa shape index (κ1) is 16.2. The van der Waals surface area contributed by atoms with Gasteiger partial charge in [-0.15, -0.1) is 0 Å². The summed E-state index contributed by atoms with van der Waals surface area (Å²) in [5, 5.41) is 8.97. The summed E-state index contributed by atoms with van der Waals surface area (Å²) in [5.74, 6) is 0.0927. The Labute approximate surface area is 141 Å². The molecule has 1 aromatic heterocycles. The van der Waals surface area contributed by atoms with Crippen LogP contribution >= 0.6 is 0 Å². The normalized spacial score (nSPS) is 11.4. The van der Waals surface area contributed by atoms with E-state index in [1.165, 1.54) is 6.07 Å². The van der Waals surface area contributed by atoms with Gasteiger partial charge in [-0.05, 0) is 61.7 Å². The first-order valence-corrected chi connectivity index (χ1v) is 8.06. The first-order valence-electron chi connectivity index (χ1n) is 8.06. The molecule has 1 heterocycles. The van der Waals surface area contributed by atoms with E-state index in [9.17, 15) is 4.39 Å². The standard InChI is InChI=1S/C20H22FN3/c1-11(2)19-9-14-8-18(23)16(13(4)22)10-20(14)24(19)15-5-6-17(21)12(3)7-15/h5-11,22H,23H2,1-4H3. The van der Waals surface area contributed by atoms with E-state index in [-0.39, 0.29) is 5.82 Å². The van der Waals surface area contributed by atoms with Crippen molar-refractivity contribution < 1.29 is 4.39 Å². The lowest BCUT2D eigenvalue weighted by Crippen LogP contribution is -2.04. The van der Waals surface area contributed by atoms with Gasteiger partial charge in [-0.2, -0.15) is 0 Å². The quantitative estimate of drug-likeness (QED) is 0.507. The maximum Gasteiger partial charge on any atom is 0.126 e. The van der Waals surface area contributed by atoms with Crippen LogP contribution in [0.2, 0.25) is 0 Å². The number of halogens is 1. The summed E-state index contributed by atoms with van der Waals surface area (Å²) in [6.07, 6.45) is 0. The van der Waals surface area contributed by atoms with Crippen molar-refractivity contribution in [3.05, 3.63) is 59.0 Å². The third-order valence-corrected chi connectivity index (χ3v) is 4.40. The SMILES string of the molecule is CC(=N)c1cc2c(cc1N)cc(C(C)C)n2-c1ccc(F)c(C)c1. The van der Waals surface area contributed by atoms with Crippen LogP contribution in [0.15, 0.2) is 36.4 Å². The predicted octanol–water partition coefficient (Wildman–Crippen LogP) is 5.17. The van der Waals surface area contributed by atoms with Crippen molar-refractivity contribution in [2.75, 3.05) is 5.73 Å².